The first-order valence-electron chi connectivity index (χ1n) is 5.39. The van der Waals surface area contributed by atoms with Crippen molar-refractivity contribution in [1.29, 1.82) is 0 Å². The molecular weight excluding hydrogens is 321 g/mol. The van der Waals surface area contributed by atoms with Gasteiger partial charge in [0.2, 0.25) is 0 Å². The first kappa shape index (κ1) is 13.8. The third-order valence-electron chi connectivity index (χ3n) is 2.55. The normalized spacial score (nSPS) is 10.5. The monoisotopic (exact) mass is 328 g/mol. The number of ketones is 1. The summed E-state index contributed by atoms with van der Waals surface area (Å²) in [6.07, 6.45) is -0.248. The molecule has 0 aliphatic rings. The molecule has 1 nitrogen and oxygen atoms in total. The summed E-state index contributed by atoms with van der Waals surface area (Å²) in [5, 5.41) is 0. The quantitative estimate of drug-likeness (QED) is 0.768. The van der Waals surface area contributed by atoms with E-state index in [2.05, 4.69) is 15.9 Å². The van der Waals surface area contributed by atoms with Gasteiger partial charge in [-0.05, 0) is 29.8 Å². The van der Waals surface area contributed by atoms with Gasteiger partial charge in [0.15, 0.2) is 5.78 Å². The van der Waals surface area contributed by atoms with Gasteiger partial charge in [-0.1, -0.05) is 22.0 Å². The molecule has 0 aliphatic heterocycles. The summed E-state index contributed by atoms with van der Waals surface area (Å²) in [5.41, 5.74) is 0.211. The summed E-state index contributed by atoms with van der Waals surface area (Å²) in [6.45, 7) is 0. The van der Waals surface area contributed by atoms with Crippen LogP contribution in [0.5, 0.6) is 0 Å². The van der Waals surface area contributed by atoms with Crippen molar-refractivity contribution >= 4 is 21.7 Å². The number of benzene rings is 2. The average Bonchev–Trinajstić information content (AvgIpc) is 2.31. The first-order valence-corrected chi connectivity index (χ1v) is 6.18. The Labute approximate surface area is 116 Å². The largest absolute Gasteiger partial charge is 0.294 e. The van der Waals surface area contributed by atoms with Crippen LogP contribution in [0, 0.1) is 17.5 Å². The molecule has 19 heavy (non-hydrogen) atoms. The van der Waals surface area contributed by atoms with Gasteiger partial charge in [0, 0.05) is 22.5 Å². The summed E-state index contributed by atoms with van der Waals surface area (Å²) < 4.78 is 39.7. The highest BCUT2D eigenvalue weighted by Gasteiger charge is 2.12. The first-order chi connectivity index (χ1) is 8.95. The highest BCUT2D eigenvalue weighted by molar-refractivity contribution is 9.10. The smallest absolute Gasteiger partial charge is 0.167 e. The minimum absolute atomic E-state index is 0.0757. The standard InChI is InChI=1S/C14H8BrF3O/c15-10-3-9(4-12(17)6-10)14(19)5-8-1-2-11(16)7-13(8)18/h1-4,6-7H,5H2. The Morgan fingerprint density at radius 1 is 1.00 bits per heavy atom. The van der Waals surface area contributed by atoms with Crippen LogP contribution in [-0.2, 0) is 6.42 Å². The number of carbonyl (C=O) groups is 1. The lowest BCUT2D eigenvalue weighted by atomic mass is 10.0. The van der Waals surface area contributed by atoms with Gasteiger partial charge in [-0.2, -0.15) is 0 Å². The molecule has 0 fully saturated rings. The summed E-state index contributed by atoms with van der Waals surface area (Å²) in [6, 6.07) is 6.74. The van der Waals surface area contributed by atoms with Crippen LogP contribution < -0.4 is 0 Å². The van der Waals surface area contributed by atoms with Crippen molar-refractivity contribution in [3.8, 4) is 0 Å². The van der Waals surface area contributed by atoms with Crippen LogP contribution in [0.3, 0.4) is 0 Å². The van der Waals surface area contributed by atoms with Crippen molar-refractivity contribution in [2.24, 2.45) is 0 Å². The Kier molecular flexibility index (Phi) is 4.04. The van der Waals surface area contributed by atoms with Crippen molar-refractivity contribution in [2.75, 3.05) is 0 Å². The fourth-order valence-electron chi connectivity index (χ4n) is 1.65. The average molecular weight is 329 g/mol. The lowest BCUT2D eigenvalue weighted by Crippen LogP contribution is -2.06. The van der Waals surface area contributed by atoms with Gasteiger partial charge in [0.1, 0.15) is 17.5 Å². The minimum Gasteiger partial charge on any atom is -0.294 e. The fraction of sp³-hybridized carbons (Fsp3) is 0.0714. The van der Waals surface area contributed by atoms with E-state index in [-0.39, 0.29) is 17.5 Å². The molecule has 0 bridgehead atoms. The molecule has 2 rings (SSSR count). The van der Waals surface area contributed by atoms with Crippen LogP contribution in [0.1, 0.15) is 15.9 Å². The van der Waals surface area contributed by atoms with Crippen molar-refractivity contribution < 1.29 is 18.0 Å². The number of rotatable bonds is 3. The zero-order valence-electron chi connectivity index (χ0n) is 9.59. The molecule has 5 heteroatoms. The van der Waals surface area contributed by atoms with E-state index in [0.717, 1.165) is 12.1 Å². The van der Waals surface area contributed by atoms with Gasteiger partial charge in [-0.15, -0.1) is 0 Å². The number of hydrogen-bond acceptors (Lipinski definition) is 1. The molecule has 0 N–H and O–H groups in total. The van der Waals surface area contributed by atoms with Crippen molar-refractivity contribution in [3.05, 3.63) is 69.4 Å². The minimum atomic E-state index is -0.788. The molecule has 0 heterocycles. The van der Waals surface area contributed by atoms with Gasteiger partial charge >= 0.3 is 0 Å². The van der Waals surface area contributed by atoms with Gasteiger partial charge in [-0.3, -0.25) is 4.79 Å². The Balaban J connectivity index is 2.25. The highest BCUT2D eigenvalue weighted by Crippen LogP contribution is 2.18. The lowest BCUT2D eigenvalue weighted by molar-refractivity contribution is 0.0991. The van der Waals surface area contributed by atoms with Gasteiger partial charge < -0.3 is 0 Å². The second-order valence-corrected chi connectivity index (χ2v) is 4.91. The molecule has 0 saturated heterocycles. The van der Waals surface area contributed by atoms with Gasteiger partial charge in [0.25, 0.3) is 0 Å². The molecule has 0 spiro atoms. The zero-order valence-corrected chi connectivity index (χ0v) is 11.2. The van der Waals surface area contributed by atoms with Crippen LogP contribution in [0.15, 0.2) is 40.9 Å². The second kappa shape index (κ2) is 5.57. The van der Waals surface area contributed by atoms with E-state index in [0.29, 0.717) is 10.5 Å². The molecule has 0 unspecified atom stereocenters. The van der Waals surface area contributed by atoms with Crippen LogP contribution >= 0.6 is 15.9 Å². The number of carbonyl (C=O) groups excluding carboxylic acids is 1. The van der Waals surface area contributed by atoms with Crippen molar-refractivity contribution in [3.63, 3.8) is 0 Å². The summed E-state index contributed by atoms with van der Waals surface area (Å²) in [4.78, 5) is 11.9. The second-order valence-electron chi connectivity index (χ2n) is 3.99. The Morgan fingerprint density at radius 3 is 2.37 bits per heavy atom. The lowest BCUT2D eigenvalue weighted by Gasteiger charge is -2.04. The maximum atomic E-state index is 13.4. The van der Waals surface area contributed by atoms with Crippen LogP contribution in [-0.4, -0.2) is 5.78 Å². The third-order valence-corrected chi connectivity index (χ3v) is 3.01. The maximum absolute atomic E-state index is 13.4. The van der Waals surface area contributed by atoms with Gasteiger partial charge in [0.05, 0.1) is 0 Å². The molecule has 0 aliphatic carbocycles. The molecule has 0 radical (unpaired) electrons. The van der Waals surface area contributed by atoms with E-state index in [1.165, 1.54) is 18.2 Å². The maximum Gasteiger partial charge on any atom is 0.167 e. The van der Waals surface area contributed by atoms with E-state index in [1.807, 2.05) is 0 Å². The predicted octanol–water partition coefficient (Wildman–Crippen LogP) is 4.29. The predicted molar refractivity (Wildman–Crippen MR) is 68.5 cm³/mol. The van der Waals surface area contributed by atoms with Crippen molar-refractivity contribution in [2.45, 2.75) is 6.42 Å². The van der Waals surface area contributed by atoms with E-state index >= 15 is 0 Å². The molecular formula is C14H8BrF3O. The molecule has 2 aromatic rings. The zero-order chi connectivity index (χ0) is 14.0. The van der Waals surface area contributed by atoms with Gasteiger partial charge in [-0.25, -0.2) is 13.2 Å². The van der Waals surface area contributed by atoms with E-state index in [4.69, 9.17) is 0 Å². The third kappa shape index (κ3) is 3.44. The summed E-state index contributed by atoms with van der Waals surface area (Å²) >= 11 is 3.07. The Hall–Kier alpha value is -1.62. The SMILES string of the molecule is O=C(Cc1ccc(F)cc1F)c1cc(F)cc(Br)c1. The number of hydrogen-bond donors (Lipinski definition) is 0. The number of halogens is 4. The van der Waals surface area contributed by atoms with E-state index in [9.17, 15) is 18.0 Å². The molecule has 0 atom stereocenters. The molecule has 0 amide bonds. The fourth-order valence-corrected chi connectivity index (χ4v) is 2.12. The Bertz CT molecular complexity index is 620. The number of Topliss-reactive ketones (excluding diaryl/α,β-unsaturated/α-hetero) is 1. The topological polar surface area (TPSA) is 17.1 Å². The van der Waals surface area contributed by atoms with E-state index < -0.39 is 23.2 Å². The molecule has 0 aromatic heterocycles. The van der Waals surface area contributed by atoms with Crippen LogP contribution in [0.2, 0.25) is 0 Å². The molecule has 2 aromatic carbocycles. The summed E-state index contributed by atoms with van der Waals surface area (Å²) in [7, 11) is 0. The Morgan fingerprint density at radius 2 is 1.74 bits per heavy atom. The molecule has 98 valence electrons. The summed E-state index contributed by atoms with van der Waals surface area (Å²) in [5.74, 6) is -2.49. The van der Waals surface area contributed by atoms with Crippen LogP contribution in [0.4, 0.5) is 13.2 Å². The van der Waals surface area contributed by atoms with E-state index in [1.54, 1.807) is 0 Å². The molecule has 0 saturated carbocycles. The highest BCUT2D eigenvalue weighted by atomic mass is 79.9. The van der Waals surface area contributed by atoms with Crippen molar-refractivity contribution in [1.82, 2.24) is 0 Å². The van der Waals surface area contributed by atoms with Crippen LogP contribution in [0.25, 0.3) is 0 Å².